The van der Waals surface area contributed by atoms with Gasteiger partial charge in [-0.05, 0) is 24.6 Å². The number of carboxylic acids is 2. The van der Waals surface area contributed by atoms with Crippen molar-refractivity contribution in [2.75, 3.05) is 0 Å². The molecule has 0 aliphatic carbocycles. The lowest BCUT2D eigenvalue weighted by Gasteiger charge is -2.14. The fourth-order valence-corrected chi connectivity index (χ4v) is 2.64. The predicted octanol–water partition coefficient (Wildman–Crippen LogP) is 0.561. The Labute approximate surface area is 118 Å². The largest absolute Gasteiger partial charge is 0.481 e. The molecule has 0 heterocycles. The van der Waals surface area contributed by atoms with Crippen molar-refractivity contribution in [2.24, 2.45) is 0 Å². The third kappa shape index (κ3) is 4.76. The van der Waals surface area contributed by atoms with Crippen LogP contribution in [0, 0.1) is 11.6 Å². The van der Waals surface area contributed by atoms with Crippen LogP contribution < -0.4 is 4.72 Å². The van der Waals surface area contributed by atoms with Gasteiger partial charge >= 0.3 is 11.9 Å². The normalized spacial score (nSPS) is 12.9. The van der Waals surface area contributed by atoms with Gasteiger partial charge in [0.15, 0.2) is 11.6 Å². The molecule has 1 atom stereocenters. The molecule has 0 aromatic heterocycles. The number of hydrogen-bond donors (Lipinski definition) is 3. The molecule has 0 fully saturated rings. The Bertz CT molecular complexity index is 661. The van der Waals surface area contributed by atoms with E-state index in [1.165, 1.54) is 0 Å². The van der Waals surface area contributed by atoms with Crippen molar-refractivity contribution in [2.45, 2.75) is 23.8 Å². The third-order valence-corrected chi connectivity index (χ3v) is 3.91. The number of carbonyl (C=O) groups is 2. The zero-order valence-electron chi connectivity index (χ0n) is 10.4. The molecule has 1 aromatic carbocycles. The number of nitrogens with one attached hydrogen (secondary N) is 1. The Morgan fingerprint density at radius 1 is 1.19 bits per heavy atom. The highest BCUT2D eigenvalue weighted by atomic mass is 32.2. The van der Waals surface area contributed by atoms with Crippen LogP contribution in [0.4, 0.5) is 8.78 Å². The highest BCUT2D eigenvalue weighted by Crippen LogP contribution is 2.14. The van der Waals surface area contributed by atoms with Gasteiger partial charge in [-0.1, -0.05) is 0 Å². The van der Waals surface area contributed by atoms with E-state index >= 15 is 0 Å². The van der Waals surface area contributed by atoms with Crippen molar-refractivity contribution < 1.29 is 37.0 Å². The number of rotatable bonds is 7. The van der Waals surface area contributed by atoms with Crippen molar-refractivity contribution in [1.29, 1.82) is 0 Å². The van der Waals surface area contributed by atoms with Gasteiger partial charge in [0.05, 0.1) is 4.90 Å². The van der Waals surface area contributed by atoms with E-state index in [-0.39, 0.29) is 0 Å². The molecule has 116 valence electrons. The molecule has 0 spiro atoms. The standard InChI is InChI=1S/C11H11F2NO6S/c12-7-2-1-6(5-8(7)13)21(19,20)14-9(11(17)18)3-4-10(15)16/h1-2,5,9,14H,3-4H2,(H,15,16)(H,17,18)/t9-/m0/s1. The predicted molar refractivity (Wildman–Crippen MR) is 65.0 cm³/mol. The molecule has 0 aliphatic rings. The van der Waals surface area contributed by atoms with Crippen LogP contribution in [0.3, 0.4) is 0 Å². The second-order valence-electron chi connectivity index (χ2n) is 4.02. The first-order valence-electron chi connectivity index (χ1n) is 5.55. The number of halogens is 2. The van der Waals surface area contributed by atoms with E-state index < -0.39 is 57.4 Å². The molecule has 1 aromatic rings. The van der Waals surface area contributed by atoms with Crippen molar-refractivity contribution in [3.63, 3.8) is 0 Å². The molecule has 0 radical (unpaired) electrons. The maximum Gasteiger partial charge on any atom is 0.321 e. The van der Waals surface area contributed by atoms with Gasteiger partial charge in [-0.15, -0.1) is 0 Å². The van der Waals surface area contributed by atoms with Crippen LogP contribution in [0.15, 0.2) is 23.1 Å². The summed E-state index contributed by atoms with van der Waals surface area (Å²) < 4.78 is 51.2. The number of aliphatic carboxylic acids is 2. The number of benzene rings is 1. The maximum atomic E-state index is 13.0. The van der Waals surface area contributed by atoms with Gasteiger partial charge in [-0.2, -0.15) is 4.72 Å². The lowest BCUT2D eigenvalue weighted by atomic mass is 10.2. The zero-order valence-corrected chi connectivity index (χ0v) is 11.2. The molecule has 0 saturated heterocycles. The Morgan fingerprint density at radius 3 is 2.29 bits per heavy atom. The maximum absolute atomic E-state index is 13.0. The summed E-state index contributed by atoms with van der Waals surface area (Å²) in [6.07, 6.45) is -1.06. The zero-order chi connectivity index (χ0) is 16.2. The molecular formula is C11H11F2NO6S. The average molecular weight is 323 g/mol. The highest BCUT2D eigenvalue weighted by Gasteiger charge is 2.26. The van der Waals surface area contributed by atoms with E-state index in [0.29, 0.717) is 12.1 Å². The van der Waals surface area contributed by atoms with Crippen LogP contribution in [0.25, 0.3) is 0 Å². The minimum atomic E-state index is -4.42. The van der Waals surface area contributed by atoms with E-state index in [2.05, 4.69) is 0 Å². The third-order valence-electron chi connectivity index (χ3n) is 2.44. The fraction of sp³-hybridized carbons (Fsp3) is 0.273. The minimum Gasteiger partial charge on any atom is -0.481 e. The van der Waals surface area contributed by atoms with Gasteiger partial charge in [0.25, 0.3) is 0 Å². The monoisotopic (exact) mass is 323 g/mol. The van der Waals surface area contributed by atoms with E-state index in [1.54, 1.807) is 4.72 Å². The molecule has 0 saturated carbocycles. The van der Waals surface area contributed by atoms with E-state index in [9.17, 15) is 26.8 Å². The summed E-state index contributed by atoms with van der Waals surface area (Å²) in [5.41, 5.74) is 0. The van der Waals surface area contributed by atoms with Gasteiger partial charge in [-0.25, -0.2) is 17.2 Å². The molecule has 3 N–H and O–H groups in total. The van der Waals surface area contributed by atoms with Gasteiger partial charge < -0.3 is 10.2 Å². The Kier molecular flexibility index (Phi) is 5.33. The number of hydrogen-bond acceptors (Lipinski definition) is 4. The van der Waals surface area contributed by atoms with Crippen molar-refractivity contribution in [3.8, 4) is 0 Å². The van der Waals surface area contributed by atoms with Gasteiger partial charge in [0, 0.05) is 6.42 Å². The van der Waals surface area contributed by atoms with Gasteiger partial charge in [0.1, 0.15) is 6.04 Å². The summed E-state index contributed by atoms with van der Waals surface area (Å²) in [6.45, 7) is 0. The Hall–Kier alpha value is -2.07. The first-order valence-corrected chi connectivity index (χ1v) is 7.04. The molecule has 0 bridgehead atoms. The highest BCUT2D eigenvalue weighted by molar-refractivity contribution is 7.89. The molecule has 0 aliphatic heterocycles. The van der Waals surface area contributed by atoms with Crippen molar-refractivity contribution in [3.05, 3.63) is 29.8 Å². The summed E-state index contributed by atoms with van der Waals surface area (Å²) >= 11 is 0. The van der Waals surface area contributed by atoms with Crippen LogP contribution in [0.5, 0.6) is 0 Å². The number of sulfonamides is 1. The van der Waals surface area contributed by atoms with Crippen molar-refractivity contribution in [1.82, 2.24) is 4.72 Å². The Balaban J connectivity index is 2.97. The smallest absolute Gasteiger partial charge is 0.321 e. The first kappa shape index (κ1) is 17.0. The van der Waals surface area contributed by atoms with Crippen LogP contribution >= 0.6 is 0 Å². The summed E-state index contributed by atoms with van der Waals surface area (Å²) in [6, 6.07) is 0.0425. The molecule has 0 unspecified atom stereocenters. The summed E-state index contributed by atoms with van der Waals surface area (Å²) in [7, 11) is -4.42. The molecule has 10 heteroatoms. The molecule has 0 amide bonds. The minimum absolute atomic E-state index is 0.397. The van der Waals surface area contributed by atoms with Gasteiger partial charge in [0.2, 0.25) is 10.0 Å². The average Bonchev–Trinajstić information content (AvgIpc) is 2.37. The van der Waals surface area contributed by atoms with E-state index in [1.807, 2.05) is 0 Å². The fourth-order valence-electron chi connectivity index (χ4n) is 1.40. The SMILES string of the molecule is O=C(O)CC[C@H](NS(=O)(=O)c1ccc(F)c(F)c1)C(=O)O. The summed E-state index contributed by atoms with van der Waals surface area (Å²) in [5.74, 6) is -5.54. The molecular weight excluding hydrogens is 312 g/mol. The second kappa shape index (κ2) is 6.59. The Morgan fingerprint density at radius 2 is 1.81 bits per heavy atom. The van der Waals surface area contributed by atoms with E-state index in [4.69, 9.17) is 10.2 Å². The lowest BCUT2D eigenvalue weighted by Crippen LogP contribution is -2.41. The van der Waals surface area contributed by atoms with E-state index in [0.717, 1.165) is 6.07 Å². The number of carboxylic acid groups (broad SMARTS) is 2. The van der Waals surface area contributed by atoms with Crippen LogP contribution in [0.1, 0.15) is 12.8 Å². The molecule has 7 nitrogen and oxygen atoms in total. The van der Waals surface area contributed by atoms with Crippen LogP contribution in [-0.2, 0) is 19.6 Å². The molecule has 21 heavy (non-hydrogen) atoms. The van der Waals surface area contributed by atoms with Crippen LogP contribution in [0.2, 0.25) is 0 Å². The topological polar surface area (TPSA) is 121 Å². The van der Waals surface area contributed by atoms with Crippen molar-refractivity contribution >= 4 is 22.0 Å². The van der Waals surface area contributed by atoms with Crippen LogP contribution in [-0.4, -0.2) is 36.6 Å². The molecule has 1 rings (SSSR count). The summed E-state index contributed by atoms with van der Waals surface area (Å²) in [4.78, 5) is 20.6. The second-order valence-corrected chi connectivity index (χ2v) is 5.73. The first-order chi connectivity index (χ1) is 9.63. The van der Waals surface area contributed by atoms with Gasteiger partial charge in [-0.3, -0.25) is 9.59 Å². The quantitative estimate of drug-likeness (QED) is 0.674. The summed E-state index contributed by atoms with van der Waals surface area (Å²) in [5, 5.41) is 17.3. The lowest BCUT2D eigenvalue weighted by molar-refractivity contribution is -0.140.